The summed E-state index contributed by atoms with van der Waals surface area (Å²) in [7, 11) is 3.18. The Bertz CT molecular complexity index is 1410. The van der Waals surface area contributed by atoms with Crippen LogP contribution in [0.2, 0.25) is 0 Å². The van der Waals surface area contributed by atoms with E-state index in [4.69, 9.17) is 9.47 Å². The van der Waals surface area contributed by atoms with Gasteiger partial charge in [-0.05, 0) is 49.1 Å². The largest absolute Gasteiger partial charge is 0.493 e. The monoisotopic (exact) mass is 477 g/mol. The van der Waals surface area contributed by atoms with Crippen LogP contribution in [0, 0.1) is 13.8 Å². The molecule has 0 aliphatic heterocycles. The van der Waals surface area contributed by atoms with Gasteiger partial charge >= 0.3 is 0 Å². The summed E-state index contributed by atoms with van der Waals surface area (Å²) < 4.78 is 11.9. The van der Waals surface area contributed by atoms with Crippen molar-refractivity contribution in [1.82, 2.24) is 14.9 Å². The van der Waals surface area contributed by atoms with Crippen LogP contribution >= 0.6 is 11.3 Å². The third-order valence-electron chi connectivity index (χ3n) is 5.73. The number of carbonyl (C=O) groups excluding carboxylic acids is 1. The SMILES string of the molecule is COc1ccc(CCNC(=O)Cn2cnc3scc(-c4ccc(C)cc4C)c3c2=O)cc1OC. The molecule has 0 bridgehead atoms. The maximum Gasteiger partial charge on any atom is 0.263 e. The number of hydrogen-bond donors (Lipinski definition) is 1. The number of benzene rings is 2. The number of amides is 1. The Balaban J connectivity index is 1.47. The van der Waals surface area contributed by atoms with Gasteiger partial charge in [-0.25, -0.2) is 4.98 Å². The van der Waals surface area contributed by atoms with E-state index >= 15 is 0 Å². The highest BCUT2D eigenvalue weighted by atomic mass is 32.1. The molecule has 0 unspecified atom stereocenters. The van der Waals surface area contributed by atoms with Gasteiger partial charge in [-0.1, -0.05) is 29.8 Å². The summed E-state index contributed by atoms with van der Waals surface area (Å²) in [4.78, 5) is 30.9. The lowest BCUT2D eigenvalue weighted by atomic mass is 9.99. The van der Waals surface area contributed by atoms with Gasteiger partial charge in [-0.15, -0.1) is 11.3 Å². The molecule has 34 heavy (non-hydrogen) atoms. The van der Waals surface area contributed by atoms with Gasteiger partial charge in [0.2, 0.25) is 5.91 Å². The Morgan fingerprint density at radius 2 is 1.85 bits per heavy atom. The minimum atomic E-state index is -0.243. The van der Waals surface area contributed by atoms with Gasteiger partial charge in [0, 0.05) is 17.5 Å². The Labute approximate surface area is 202 Å². The number of methoxy groups -OCH3 is 2. The highest BCUT2D eigenvalue weighted by Gasteiger charge is 2.16. The second-order valence-electron chi connectivity index (χ2n) is 8.11. The van der Waals surface area contributed by atoms with E-state index in [1.165, 1.54) is 27.8 Å². The van der Waals surface area contributed by atoms with Gasteiger partial charge in [0.15, 0.2) is 11.5 Å². The average Bonchev–Trinajstić information content (AvgIpc) is 3.25. The lowest BCUT2D eigenvalue weighted by molar-refractivity contribution is -0.121. The molecule has 2 aromatic carbocycles. The number of hydrogen-bond acceptors (Lipinski definition) is 6. The molecule has 4 aromatic rings. The Morgan fingerprint density at radius 1 is 1.06 bits per heavy atom. The average molecular weight is 478 g/mol. The molecule has 0 atom stereocenters. The number of ether oxygens (including phenoxy) is 2. The fraction of sp³-hybridized carbons (Fsp3) is 0.269. The smallest absolute Gasteiger partial charge is 0.263 e. The second kappa shape index (κ2) is 10.1. The highest BCUT2D eigenvalue weighted by Crippen LogP contribution is 2.33. The number of rotatable bonds is 8. The van der Waals surface area contributed by atoms with E-state index in [0.717, 1.165) is 22.3 Å². The first kappa shape index (κ1) is 23.5. The van der Waals surface area contributed by atoms with Gasteiger partial charge in [0.25, 0.3) is 5.56 Å². The second-order valence-corrected chi connectivity index (χ2v) is 8.97. The molecule has 2 heterocycles. The lowest BCUT2D eigenvalue weighted by Crippen LogP contribution is -2.33. The zero-order chi connectivity index (χ0) is 24.2. The minimum Gasteiger partial charge on any atom is -0.493 e. The molecule has 1 amide bonds. The van der Waals surface area contributed by atoms with Crippen LogP contribution in [0.3, 0.4) is 0 Å². The quantitative estimate of drug-likeness (QED) is 0.413. The number of fused-ring (bicyclic) bond motifs is 1. The van der Waals surface area contributed by atoms with E-state index in [2.05, 4.69) is 16.4 Å². The van der Waals surface area contributed by atoms with Crippen molar-refractivity contribution in [1.29, 1.82) is 0 Å². The summed E-state index contributed by atoms with van der Waals surface area (Å²) in [5.74, 6) is 1.06. The predicted octanol–water partition coefficient (Wildman–Crippen LogP) is 4.12. The van der Waals surface area contributed by atoms with Crippen molar-refractivity contribution in [2.24, 2.45) is 0 Å². The molecule has 0 aliphatic rings. The van der Waals surface area contributed by atoms with Gasteiger partial charge in [0.05, 0.1) is 25.9 Å². The molecule has 0 spiro atoms. The molecule has 1 N–H and O–H groups in total. The molecular weight excluding hydrogens is 450 g/mol. The first-order chi connectivity index (χ1) is 16.4. The maximum absolute atomic E-state index is 13.2. The Kier molecular flexibility index (Phi) is 6.98. The van der Waals surface area contributed by atoms with Crippen molar-refractivity contribution < 1.29 is 14.3 Å². The van der Waals surface area contributed by atoms with E-state index < -0.39 is 0 Å². The van der Waals surface area contributed by atoms with Gasteiger partial charge in [-0.3, -0.25) is 14.2 Å². The van der Waals surface area contributed by atoms with Gasteiger partial charge in [0.1, 0.15) is 11.4 Å². The summed E-state index contributed by atoms with van der Waals surface area (Å²) in [6.45, 7) is 4.42. The number of aromatic nitrogens is 2. The molecule has 176 valence electrons. The summed E-state index contributed by atoms with van der Waals surface area (Å²) in [6, 6.07) is 11.8. The number of thiophene rings is 1. The third-order valence-corrected chi connectivity index (χ3v) is 6.62. The fourth-order valence-electron chi connectivity index (χ4n) is 3.99. The van der Waals surface area contributed by atoms with Crippen LogP contribution in [0.4, 0.5) is 0 Å². The van der Waals surface area contributed by atoms with Crippen LogP contribution in [0.25, 0.3) is 21.3 Å². The fourth-order valence-corrected chi connectivity index (χ4v) is 4.88. The van der Waals surface area contributed by atoms with Crippen molar-refractivity contribution in [2.75, 3.05) is 20.8 Å². The Morgan fingerprint density at radius 3 is 2.59 bits per heavy atom. The number of nitrogens with one attached hydrogen (secondary N) is 1. The number of nitrogens with zero attached hydrogens (tertiary/aromatic N) is 2. The van der Waals surface area contributed by atoms with Gasteiger partial charge in [-0.2, -0.15) is 0 Å². The highest BCUT2D eigenvalue weighted by molar-refractivity contribution is 7.17. The van der Waals surface area contributed by atoms with Crippen molar-refractivity contribution in [2.45, 2.75) is 26.8 Å². The van der Waals surface area contributed by atoms with Crippen molar-refractivity contribution >= 4 is 27.5 Å². The van der Waals surface area contributed by atoms with E-state index in [9.17, 15) is 9.59 Å². The topological polar surface area (TPSA) is 82.5 Å². The number of carbonyl (C=O) groups is 1. The van der Waals surface area contributed by atoms with E-state index in [-0.39, 0.29) is 18.0 Å². The minimum absolute atomic E-state index is 0.0874. The summed E-state index contributed by atoms with van der Waals surface area (Å²) in [6.07, 6.45) is 2.07. The van der Waals surface area contributed by atoms with Gasteiger partial charge < -0.3 is 14.8 Å². The summed E-state index contributed by atoms with van der Waals surface area (Å²) in [5, 5.41) is 5.40. The summed E-state index contributed by atoms with van der Waals surface area (Å²) in [5.41, 5.74) is 4.93. The molecule has 0 saturated carbocycles. The molecule has 7 nitrogen and oxygen atoms in total. The molecule has 0 fully saturated rings. The first-order valence-corrected chi connectivity index (χ1v) is 11.8. The molecule has 0 saturated heterocycles. The lowest BCUT2D eigenvalue weighted by Gasteiger charge is -2.11. The third kappa shape index (κ3) is 4.82. The zero-order valence-corrected chi connectivity index (χ0v) is 20.5. The molecule has 2 aromatic heterocycles. The van der Waals surface area contributed by atoms with Crippen molar-refractivity contribution in [3.63, 3.8) is 0 Å². The first-order valence-electron chi connectivity index (χ1n) is 10.9. The van der Waals surface area contributed by atoms with Crippen molar-refractivity contribution in [3.05, 3.63) is 75.1 Å². The summed E-state index contributed by atoms with van der Waals surface area (Å²) >= 11 is 1.44. The van der Waals surface area contributed by atoms with E-state index in [0.29, 0.717) is 34.7 Å². The molecule has 0 aliphatic carbocycles. The normalized spacial score (nSPS) is 10.9. The van der Waals surface area contributed by atoms with Crippen LogP contribution in [-0.2, 0) is 17.8 Å². The Hall–Kier alpha value is -3.65. The van der Waals surface area contributed by atoms with Crippen LogP contribution in [0.1, 0.15) is 16.7 Å². The van der Waals surface area contributed by atoms with E-state index in [1.807, 2.05) is 49.6 Å². The predicted molar refractivity (Wildman–Crippen MR) is 135 cm³/mol. The van der Waals surface area contributed by atoms with Crippen LogP contribution in [0.5, 0.6) is 11.5 Å². The molecular formula is C26H27N3O4S. The van der Waals surface area contributed by atoms with Crippen LogP contribution < -0.4 is 20.3 Å². The number of aryl methyl sites for hydroxylation is 2. The maximum atomic E-state index is 13.2. The standard InChI is InChI=1S/C26H27N3O4S/c1-16-5-7-19(17(2)11-16)20-14-34-25-24(20)26(31)29(15-28-25)13-23(30)27-10-9-18-6-8-21(32-3)22(12-18)33-4/h5-8,11-12,14-15H,9-10,13H2,1-4H3,(H,27,30). The molecule has 4 rings (SSSR count). The van der Waals surface area contributed by atoms with Crippen LogP contribution in [-0.4, -0.2) is 36.2 Å². The molecule has 0 radical (unpaired) electrons. The van der Waals surface area contributed by atoms with Crippen molar-refractivity contribution in [3.8, 4) is 22.6 Å². The van der Waals surface area contributed by atoms with Crippen LogP contribution in [0.15, 0.2) is 52.9 Å². The zero-order valence-electron chi connectivity index (χ0n) is 19.7. The van der Waals surface area contributed by atoms with E-state index in [1.54, 1.807) is 14.2 Å². The molecule has 8 heteroatoms.